The molecule has 1 unspecified atom stereocenters. The van der Waals surface area contributed by atoms with Gasteiger partial charge in [-0.05, 0) is 24.6 Å². The van der Waals surface area contributed by atoms with E-state index in [-0.39, 0.29) is 5.75 Å². The summed E-state index contributed by atoms with van der Waals surface area (Å²) in [6.07, 6.45) is -0.986. The molecule has 1 aromatic rings. The van der Waals surface area contributed by atoms with E-state index in [2.05, 4.69) is 0 Å². The van der Waals surface area contributed by atoms with E-state index in [1.165, 1.54) is 31.2 Å². The smallest absolute Gasteiger partial charge is 0.178 e. The molecule has 0 aliphatic carbocycles. The van der Waals surface area contributed by atoms with Gasteiger partial charge in [0.05, 0.1) is 0 Å². The topological polar surface area (TPSA) is 19.9 Å². The summed E-state index contributed by atoms with van der Waals surface area (Å²) in [5, 5.41) is 10.5. The van der Waals surface area contributed by atoms with E-state index >= 15 is 0 Å². The first-order chi connectivity index (χ1) is 4.70. The average Bonchev–Trinajstić information content (AvgIpc) is 1.88. The van der Waals surface area contributed by atoms with Crippen molar-refractivity contribution in [1.29, 1.82) is 0 Å². The molecule has 0 N–H and O–H groups in total. The first-order valence-corrected chi connectivity index (χ1v) is 3.11. The van der Waals surface area contributed by atoms with Gasteiger partial charge in [-0.25, -0.2) is 4.39 Å². The van der Waals surface area contributed by atoms with Crippen molar-refractivity contribution in [3.8, 4) is 5.75 Å². The lowest BCUT2D eigenvalue weighted by Gasteiger charge is -1.98. The summed E-state index contributed by atoms with van der Waals surface area (Å²) in [5.41, 5.74) is 0.555. The molecule has 0 spiro atoms. The summed E-state index contributed by atoms with van der Waals surface area (Å²) >= 11 is 0. The number of hydrogen-bond donors (Lipinski definition) is 0. The lowest BCUT2D eigenvalue weighted by Crippen LogP contribution is -1.82. The summed E-state index contributed by atoms with van der Waals surface area (Å²) in [5.74, 6) is -0.0793. The Bertz CT molecular complexity index is 203. The molecule has 0 saturated heterocycles. The third kappa shape index (κ3) is 1.47. The van der Waals surface area contributed by atoms with Crippen molar-refractivity contribution in [3.63, 3.8) is 0 Å². The van der Waals surface area contributed by atoms with Gasteiger partial charge in [-0.2, -0.15) is 0 Å². The molecule has 0 aliphatic heterocycles. The van der Waals surface area contributed by atoms with Gasteiger partial charge < -0.3 is 0 Å². The Kier molecular flexibility index (Phi) is 1.90. The standard InChI is InChI=1S/C8H8FO/c1-6(9)7-2-4-8(10)5-3-7/h2-6H,1H3. The van der Waals surface area contributed by atoms with Crippen molar-refractivity contribution in [2.75, 3.05) is 0 Å². The van der Waals surface area contributed by atoms with E-state index < -0.39 is 6.17 Å². The molecule has 0 saturated carbocycles. The van der Waals surface area contributed by atoms with Crippen LogP contribution in [-0.2, 0) is 5.11 Å². The molecule has 1 radical (unpaired) electrons. The zero-order chi connectivity index (χ0) is 7.56. The van der Waals surface area contributed by atoms with Crippen LogP contribution in [0.15, 0.2) is 24.3 Å². The lowest BCUT2D eigenvalue weighted by atomic mass is 10.1. The Morgan fingerprint density at radius 1 is 1.30 bits per heavy atom. The molecule has 0 fully saturated rings. The van der Waals surface area contributed by atoms with Crippen molar-refractivity contribution < 1.29 is 9.50 Å². The average molecular weight is 139 g/mol. The van der Waals surface area contributed by atoms with E-state index in [0.29, 0.717) is 5.56 Å². The summed E-state index contributed by atoms with van der Waals surface area (Å²) in [4.78, 5) is 0. The predicted molar refractivity (Wildman–Crippen MR) is 36.1 cm³/mol. The quantitative estimate of drug-likeness (QED) is 0.570. The van der Waals surface area contributed by atoms with Crippen LogP contribution < -0.4 is 0 Å². The fourth-order valence-electron chi connectivity index (χ4n) is 0.733. The van der Waals surface area contributed by atoms with Crippen LogP contribution >= 0.6 is 0 Å². The molecule has 1 atom stereocenters. The van der Waals surface area contributed by atoms with Crippen LogP contribution in [0.5, 0.6) is 5.75 Å². The highest BCUT2D eigenvalue weighted by molar-refractivity contribution is 5.26. The maximum absolute atomic E-state index is 12.5. The fraction of sp³-hybridized carbons (Fsp3) is 0.250. The van der Waals surface area contributed by atoms with Gasteiger partial charge in [-0.1, -0.05) is 12.1 Å². The van der Waals surface area contributed by atoms with Crippen LogP contribution in [0.3, 0.4) is 0 Å². The van der Waals surface area contributed by atoms with Crippen LogP contribution in [-0.4, -0.2) is 0 Å². The molecular weight excluding hydrogens is 131 g/mol. The Hall–Kier alpha value is -1.05. The van der Waals surface area contributed by atoms with Crippen molar-refractivity contribution >= 4 is 0 Å². The van der Waals surface area contributed by atoms with Crippen LogP contribution in [0.4, 0.5) is 4.39 Å². The summed E-state index contributed by atoms with van der Waals surface area (Å²) < 4.78 is 12.5. The monoisotopic (exact) mass is 139 g/mol. The molecular formula is C8H8FO. The second-order valence-electron chi connectivity index (χ2n) is 2.19. The third-order valence-corrected chi connectivity index (χ3v) is 1.34. The fourth-order valence-corrected chi connectivity index (χ4v) is 0.733. The van der Waals surface area contributed by atoms with E-state index in [4.69, 9.17) is 0 Å². The maximum atomic E-state index is 12.5. The van der Waals surface area contributed by atoms with E-state index in [1.807, 2.05) is 0 Å². The minimum atomic E-state index is -0.986. The highest BCUT2D eigenvalue weighted by Crippen LogP contribution is 2.18. The molecule has 53 valence electrons. The number of alkyl halides is 1. The van der Waals surface area contributed by atoms with E-state index in [9.17, 15) is 9.50 Å². The number of hydrogen-bond acceptors (Lipinski definition) is 0. The Morgan fingerprint density at radius 3 is 2.20 bits per heavy atom. The van der Waals surface area contributed by atoms with Gasteiger partial charge in [0.2, 0.25) is 0 Å². The van der Waals surface area contributed by atoms with Gasteiger partial charge in [-0.15, -0.1) is 0 Å². The van der Waals surface area contributed by atoms with Crippen LogP contribution in [0.25, 0.3) is 0 Å². The molecule has 0 heterocycles. The van der Waals surface area contributed by atoms with Gasteiger partial charge in [0, 0.05) is 0 Å². The highest BCUT2D eigenvalue weighted by Gasteiger charge is 2.00. The third-order valence-electron chi connectivity index (χ3n) is 1.34. The van der Waals surface area contributed by atoms with Crippen LogP contribution in [0, 0.1) is 0 Å². The minimum Gasteiger partial charge on any atom is -0.290 e. The van der Waals surface area contributed by atoms with Crippen molar-refractivity contribution in [2.24, 2.45) is 0 Å². The Balaban J connectivity index is 2.89. The second kappa shape index (κ2) is 2.69. The maximum Gasteiger partial charge on any atom is 0.178 e. The Labute approximate surface area is 59.1 Å². The van der Waals surface area contributed by atoms with Crippen molar-refractivity contribution in [3.05, 3.63) is 29.8 Å². The van der Waals surface area contributed by atoms with Crippen LogP contribution in [0.1, 0.15) is 18.7 Å². The summed E-state index contributed by atoms with van der Waals surface area (Å²) in [7, 11) is 0. The molecule has 1 aromatic carbocycles. The number of halogens is 1. The van der Waals surface area contributed by atoms with Gasteiger partial charge >= 0.3 is 0 Å². The van der Waals surface area contributed by atoms with Crippen LogP contribution in [0.2, 0.25) is 0 Å². The first-order valence-electron chi connectivity index (χ1n) is 3.11. The summed E-state index contributed by atoms with van der Waals surface area (Å²) in [6, 6.07) is 5.75. The molecule has 0 aromatic heterocycles. The summed E-state index contributed by atoms with van der Waals surface area (Å²) in [6.45, 7) is 1.44. The largest absolute Gasteiger partial charge is 0.290 e. The number of benzene rings is 1. The zero-order valence-corrected chi connectivity index (χ0v) is 5.67. The van der Waals surface area contributed by atoms with Gasteiger partial charge in [0.1, 0.15) is 6.17 Å². The molecule has 10 heavy (non-hydrogen) atoms. The number of rotatable bonds is 1. The molecule has 2 heteroatoms. The molecule has 0 aliphatic rings. The van der Waals surface area contributed by atoms with Crippen molar-refractivity contribution in [1.82, 2.24) is 0 Å². The SMILES string of the molecule is CC(F)c1ccc([O])cc1. The van der Waals surface area contributed by atoms with E-state index in [0.717, 1.165) is 0 Å². The van der Waals surface area contributed by atoms with Gasteiger partial charge in [0.25, 0.3) is 0 Å². The normalized spacial score (nSPS) is 13.0. The molecule has 1 nitrogen and oxygen atoms in total. The zero-order valence-electron chi connectivity index (χ0n) is 5.67. The molecule has 1 rings (SSSR count). The van der Waals surface area contributed by atoms with E-state index in [1.54, 1.807) is 0 Å². The minimum absolute atomic E-state index is 0.0793. The second-order valence-corrected chi connectivity index (χ2v) is 2.19. The van der Waals surface area contributed by atoms with Gasteiger partial charge in [-0.3, -0.25) is 5.11 Å². The Morgan fingerprint density at radius 2 is 1.80 bits per heavy atom. The molecule has 0 amide bonds. The first kappa shape index (κ1) is 7.06. The van der Waals surface area contributed by atoms with Gasteiger partial charge in [0.15, 0.2) is 5.75 Å². The van der Waals surface area contributed by atoms with Crippen molar-refractivity contribution in [2.45, 2.75) is 13.1 Å². The predicted octanol–water partition coefficient (Wildman–Crippen LogP) is 2.86. The lowest BCUT2D eigenvalue weighted by molar-refractivity contribution is 0.352. The highest BCUT2D eigenvalue weighted by atomic mass is 19.1. The molecule has 0 bridgehead atoms.